The summed E-state index contributed by atoms with van der Waals surface area (Å²) in [5.41, 5.74) is 1.04. The molecule has 190 valence electrons. The molecule has 0 atom stereocenters. The average molecular weight is 524 g/mol. The predicted octanol–water partition coefficient (Wildman–Crippen LogP) is 2.00. The third-order valence-electron chi connectivity index (χ3n) is 6.44. The lowest BCUT2D eigenvalue weighted by molar-refractivity contribution is -0.149. The fraction of sp³-hybridized carbons (Fsp3) is 0.522. The minimum absolute atomic E-state index is 0.0576. The average Bonchev–Trinajstić information content (AvgIpc) is 3.27. The van der Waals surface area contributed by atoms with Gasteiger partial charge in [0.15, 0.2) is 0 Å². The molecule has 2 aliphatic heterocycles. The van der Waals surface area contributed by atoms with Gasteiger partial charge in [0.2, 0.25) is 5.03 Å². The molecule has 0 unspecified atom stereocenters. The van der Waals surface area contributed by atoms with Gasteiger partial charge in [-0.3, -0.25) is 14.3 Å². The van der Waals surface area contributed by atoms with E-state index in [1.165, 1.54) is 15.2 Å². The first-order valence-corrected chi connectivity index (χ1v) is 13.5. The molecule has 1 amide bonds. The second-order valence-corrected chi connectivity index (χ2v) is 11.0. The van der Waals surface area contributed by atoms with Crippen LogP contribution in [0.1, 0.15) is 30.1 Å². The molecular formula is C23H30ClN5O5S. The molecule has 2 aromatic rings. The first-order valence-electron chi connectivity index (χ1n) is 11.7. The molecule has 0 saturated carbocycles. The van der Waals surface area contributed by atoms with Crippen LogP contribution in [-0.2, 0) is 26.6 Å². The summed E-state index contributed by atoms with van der Waals surface area (Å²) in [5, 5.41) is 4.59. The van der Waals surface area contributed by atoms with Crippen molar-refractivity contribution in [2.24, 2.45) is 13.0 Å². The quantitative estimate of drug-likeness (QED) is 0.533. The number of nitrogens with zero attached hydrogens (tertiary/aromatic N) is 5. The van der Waals surface area contributed by atoms with E-state index in [0.717, 1.165) is 5.69 Å². The number of likely N-dealkylation sites (tertiary alicyclic amines) is 1. The van der Waals surface area contributed by atoms with Gasteiger partial charge >= 0.3 is 5.97 Å². The Bertz CT molecular complexity index is 1170. The number of piperidine rings is 1. The molecule has 4 rings (SSSR count). The Labute approximate surface area is 210 Å². The van der Waals surface area contributed by atoms with Crippen molar-refractivity contribution in [3.8, 4) is 0 Å². The van der Waals surface area contributed by atoms with E-state index in [1.54, 1.807) is 31.0 Å². The number of aromatic nitrogens is 2. The highest BCUT2D eigenvalue weighted by Crippen LogP contribution is 2.26. The number of aryl methyl sites for hydroxylation is 1. The van der Waals surface area contributed by atoms with Crippen LogP contribution in [0.25, 0.3) is 0 Å². The summed E-state index contributed by atoms with van der Waals surface area (Å²) in [7, 11) is -2.37. The molecule has 12 heteroatoms. The number of amides is 1. The highest BCUT2D eigenvalue weighted by Gasteiger charge is 2.37. The summed E-state index contributed by atoms with van der Waals surface area (Å²) < 4.78 is 34.8. The van der Waals surface area contributed by atoms with Gasteiger partial charge < -0.3 is 14.5 Å². The van der Waals surface area contributed by atoms with Crippen molar-refractivity contribution >= 4 is 39.2 Å². The summed E-state index contributed by atoms with van der Waals surface area (Å²) in [6, 6.07) is 7.43. The Hall–Kier alpha value is -2.63. The van der Waals surface area contributed by atoms with Gasteiger partial charge in [0.25, 0.3) is 15.9 Å². The minimum atomic E-state index is -3.97. The fourth-order valence-corrected chi connectivity index (χ4v) is 6.18. The number of rotatable bonds is 6. The van der Waals surface area contributed by atoms with Gasteiger partial charge in [0.1, 0.15) is 0 Å². The van der Waals surface area contributed by atoms with E-state index in [0.29, 0.717) is 50.7 Å². The SMILES string of the molecule is CCOC(=O)C1CCN(C(=O)c2cn(C)nc2S(=O)(=O)N2CCN(c3ccc(Cl)cc3)CC2)CC1. The topological polar surface area (TPSA) is 105 Å². The van der Waals surface area contributed by atoms with Crippen molar-refractivity contribution in [2.45, 2.75) is 24.8 Å². The summed E-state index contributed by atoms with van der Waals surface area (Å²) in [5.74, 6) is -0.881. The van der Waals surface area contributed by atoms with Crippen LogP contribution in [0.3, 0.4) is 0 Å². The molecule has 0 radical (unpaired) electrons. The number of benzene rings is 1. The summed E-state index contributed by atoms with van der Waals surface area (Å²) in [6.07, 6.45) is 2.43. The molecule has 2 saturated heterocycles. The number of piperazine rings is 1. The zero-order valence-corrected chi connectivity index (χ0v) is 21.5. The van der Waals surface area contributed by atoms with E-state index in [9.17, 15) is 18.0 Å². The number of carbonyl (C=O) groups excluding carboxylic acids is 2. The third-order valence-corrected chi connectivity index (χ3v) is 8.53. The van der Waals surface area contributed by atoms with Crippen LogP contribution in [-0.4, -0.2) is 85.2 Å². The first kappa shape index (κ1) is 25.5. The summed E-state index contributed by atoms with van der Waals surface area (Å²) in [6.45, 7) is 4.38. The molecule has 1 aromatic heterocycles. The van der Waals surface area contributed by atoms with Crippen molar-refractivity contribution in [1.82, 2.24) is 19.0 Å². The Morgan fingerprint density at radius 3 is 2.29 bits per heavy atom. The molecule has 0 aliphatic carbocycles. The van der Waals surface area contributed by atoms with Crippen molar-refractivity contribution in [2.75, 3.05) is 50.8 Å². The van der Waals surface area contributed by atoms with Gasteiger partial charge in [0, 0.05) is 63.2 Å². The van der Waals surface area contributed by atoms with E-state index >= 15 is 0 Å². The number of hydrogen-bond donors (Lipinski definition) is 0. The first-order chi connectivity index (χ1) is 16.7. The number of carbonyl (C=O) groups is 2. The zero-order chi connectivity index (χ0) is 25.2. The fourth-order valence-electron chi connectivity index (χ4n) is 4.51. The van der Waals surface area contributed by atoms with Gasteiger partial charge in [-0.2, -0.15) is 9.40 Å². The third kappa shape index (κ3) is 5.46. The number of hydrogen-bond acceptors (Lipinski definition) is 7. The highest BCUT2D eigenvalue weighted by molar-refractivity contribution is 7.89. The van der Waals surface area contributed by atoms with Crippen LogP contribution in [0.2, 0.25) is 5.02 Å². The predicted molar refractivity (Wildman–Crippen MR) is 131 cm³/mol. The lowest BCUT2D eigenvalue weighted by Crippen LogP contribution is -2.49. The summed E-state index contributed by atoms with van der Waals surface area (Å²) >= 11 is 5.97. The van der Waals surface area contributed by atoms with Crippen LogP contribution in [0.5, 0.6) is 0 Å². The molecule has 0 N–H and O–H groups in total. The number of esters is 1. The Morgan fingerprint density at radius 1 is 1.06 bits per heavy atom. The van der Waals surface area contributed by atoms with Crippen molar-refractivity contribution in [1.29, 1.82) is 0 Å². The van der Waals surface area contributed by atoms with E-state index < -0.39 is 15.9 Å². The molecule has 2 aliphatic rings. The van der Waals surface area contributed by atoms with E-state index in [4.69, 9.17) is 16.3 Å². The normalized spacial score (nSPS) is 18.0. The Balaban J connectivity index is 1.45. The molecule has 0 bridgehead atoms. The van der Waals surface area contributed by atoms with Gasteiger partial charge in [-0.1, -0.05) is 11.6 Å². The lowest BCUT2D eigenvalue weighted by Gasteiger charge is -2.35. The Morgan fingerprint density at radius 2 is 1.69 bits per heavy atom. The van der Waals surface area contributed by atoms with Crippen LogP contribution in [0.15, 0.2) is 35.5 Å². The molecule has 35 heavy (non-hydrogen) atoms. The van der Waals surface area contributed by atoms with Crippen molar-refractivity contribution < 1.29 is 22.7 Å². The number of halogens is 1. The van der Waals surface area contributed by atoms with Crippen LogP contribution in [0.4, 0.5) is 5.69 Å². The Kier molecular flexibility index (Phi) is 7.67. The largest absolute Gasteiger partial charge is 0.466 e. The standard InChI is InChI=1S/C23H30ClN5O5S/c1-3-34-23(31)17-8-10-28(11-9-17)22(30)20-16-26(2)25-21(20)35(32,33)29-14-12-27(13-15-29)19-6-4-18(24)5-7-19/h4-7,16-17H,3,8-15H2,1-2H3. The molecular weight excluding hydrogens is 494 g/mol. The van der Waals surface area contributed by atoms with E-state index in [1.807, 2.05) is 12.1 Å². The maximum Gasteiger partial charge on any atom is 0.309 e. The highest BCUT2D eigenvalue weighted by atomic mass is 35.5. The second kappa shape index (κ2) is 10.5. The molecule has 2 fully saturated rings. The number of sulfonamides is 1. The van der Waals surface area contributed by atoms with Crippen LogP contribution < -0.4 is 4.90 Å². The van der Waals surface area contributed by atoms with Crippen molar-refractivity contribution in [3.63, 3.8) is 0 Å². The minimum Gasteiger partial charge on any atom is -0.466 e. The summed E-state index contributed by atoms with van der Waals surface area (Å²) in [4.78, 5) is 29.0. The molecule has 0 spiro atoms. The number of anilines is 1. The van der Waals surface area contributed by atoms with E-state index in [-0.39, 0.29) is 35.6 Å². The smallest absolute Gasteiger partial charge is 0.309 e. The van der Waals surface area contributed by atoms with Crippen molar-refractivity contribution in [3.05, 3.63) is 41.0 Å². The molecule has 1 aromatic carbocycles. The van der Waals surface area contributed by atoms with E-state index in [2.05, 4.69) is 10.00 Å². The van der Waals surface area contributed by atoms with Gasteiger partial charge in [-0.25, -0.2) is 8.42 Å². The van der Waals surface area contributed by atoms with Crippen LogP contribution in [0, 0.1) is 5.92 Å². The lowest BCUT2D eigenvalue weighted by atomic mass is 9.96. The maximum atomic E-state index is 13.5. The second-order valence-electron chi connectivity index (χ2n) is 8.71. The molecule has 10 nitrogen and oxygen atoms in total. The van der Waals surface area contributed by atoms with Gasteiger partial charge in [-0.15, -0.1) is 0 Å². The zero-order valence-electron chi connectivity index (χ0n) is 19.9. The molecule has 3 heterocycles. The van der Waals surface area contributed by atoms with Gasteiger partial charge in [-0.05, 0) is 44.0 Å². The monoisotopic (exact) mass is 523 g/mol. The van der Waals surface area contributed by atoms with Gasteiger partial charge in [0.05, 0.1) is 18.1 Å². The number of ether oxygens (including phenoxy) is 1. The maximum absolute atomic E-state index is 13.5. The van der Waals surface area contributed by atoms with Crippen LogP contribution >= 0.6 is 11.6 Å².